The summed E-state index contributed by atoms with van der Waals surface area (Å²) in [5, 5.41) is 13.3. The number of furan rings is 1. The Morgan fingerprint density at radius 2 is 1.83 bits per heavy atom. The number of carbonyl (C=O) groups is 3. The van der Waals surface area contributed by atoms with Crippen molar-refractivity contribution in [3.05, 3.63) is 93.9 Å². The molecule has 2 aromatic carbocycles. The number of non-ortho nitro benzene ring substituents is 1. The standard InChI is InChI=1S/C20H14N2O7/c23-17(13-5-3-6-14(11-13)22(26)27)12-29-20(25)15-7-1-2-8-16(15)21-19(24)18-9-4-10-28-18/h1-11H,12H2,(H,21,24). The molecule has 1 heterocycles. The van der Waals surface area contributed by atoms with Gasteiger partial charge < -0.3 is 14.5 Å². The number of nitrogens with zero attached hydrogens (tertiary/aromatic N) is 1. The van der Waals surface area contributed by atoms with Crippen LogP contribution in [0.4, 0.5) is 11.4 Å². The molecule has 0 spiro atoms. The zero-order valence-electron chi connectivity index (χ0n) is 14.9. The molecule has 0 radical (unpaired) electrons. The first-order valence-corrected chi connectivity index (χ1v) is 8.34. The molecular formula is C20H14N2O7. The summed E-state index contributed by atoms with van der Waals surface area (Å²) in [6.07, 6.45) is 1.34. The first kappa shape index (κ1) is 19.5. The summed E-state index contributed by atoms with van der Waals surface area (Å²) in [7, 11) is 0. The normalized spacial score (nSPS) is 10.2. The van der Waals surface area contributed by atoms with E-state index in [9.17, 15) is 24.5 Å². The molecule has 0 bridgehead atoms. The molecule has 0 aliphatic rings. The van der Waals surface area contributed by atoms with Gasteiger partial charge in [-0.3, -0.25) is 19.7 Å². The number of hydrogen-bond acceptors (Lipinski definition) is 7. The fourth-order valence-corrected chi connectivity index (χ4v) is 2.45. The molecule has 0 atom stereocenters. The molecule has 1 amide bonds. The number of Topliss-reactive ketones (excluding diaryl/α,β-unsaturated/α-hetero) is 1. The number of nitro groups is 1. The Morgan fingerprint density at radius 3 is 2.55 bits per heavy atom. The highest BCUT2D eigenvalue weighted by atomic mass is 16.6. The van der Waals surface area contributed by atoms with Crippen LogP contribution in [0.2, 0.25) is 0 Å². The lowest BCUT2D eigenvalue weighted by molar-refractivity contribution is -0.384. The molecule has 1 aromatic heterocycles. The maximum Gasteiger partial charge on any atom is 0.340 e. The lowest BCUT2D eigenvalue weighted by atomic mass is 10.1. The minimum absolute atomic E-state index is 0.0410. The van der Waals surface area contributed by atoms with Crippen molar-refractivity contribution in [3.8, 4) is 0 Å². The second-order valence-corrected chi connectivity index (χ2v) is 5.78. The Hall–Kier alpha value is -4.27. The molecule has 146 valence electrons. The summed E-state index contributed by atoms with van der Waals surface area (Å²) < 4.78 is 10.0. The molecule has 9 heteroatoms. The second-order valence-electron chi connectivity index (χ2n) is 5.78. The van der Waals surface area contributed by atoms with Crippen molar-refractivity contribution < 1.29 is 28.5 Å². The van der Waals surface area contributed by atoms with Crippen LogP contribution in [-0.2, 0) is 4.74 Å². The molecule has 0 saturated heterocycles. The van der Waals surface area contributed by atoms with Crippen molar-refractivity contribution in [2.45, 2.75) is 0 Å². The number of ketones is 1. The molecule has 3 aromatic rings. The van der Waals surface area contributed by atoms with E-state index in [4.69, 9.17) is 9.15 Å². The van der Waals surface area contributed by atoms with Gasteiger partial charge in [0.05, 0.1) is 22.4 Å². The molecule has 0 fully saturated rings. The van der Waals surface area contributed by atoms with Crippen molar-refractivity contribution in [1.29, 1.82) is 0 Å². The van der Waals surface area contributed by atoms with Gasteiger partial charge in [-0.1, -0.05) is 24.3 Å². The van der Waals surface area contributed by atoms with E-state index < -0.39 is 29.2 Å². The third kappa shape index (κ3) is 4.72. The minimum atomic E-state index is -0.834. The number of esters is 1. The molecule has 9 nitrogen and oxygen atoms in total. The van der Waals surface area contributed by atoms with E-state index in [1.54, 1.807) is 18.2 Å². The SMILES string of the molecule is O=C(COC(=O)c1ccccc1NC(=O)c1ccco1)c1cccc([N+](=O)[O-])c1. The quantitative estimate of drug-likeness (QED) is 0.281. The van der Waals surface area contributed by atoms with Gasteiger partial charge in [-0.05, 0) is 24.3 Å². The minimum Gasteiger partial charge on any atom is -0.459 e. The summed E-state index contributed by atoms with van der Waals surface area (Å²) in [5.41, 5.74) is 0.0283. The second kappa shape index (κ2) is 8.61. The fourth-order valence-electron chi connectivity index (χ4n) is 2.45. The van der Waals surface area contributed by atoms with Crippen LogP contribution in [0.1, 0.15) is 31.3 Å². The number of nitro benzene ring substituents is 1. The maximum absolute atomic E-state index is 12.4. The number of anilines is 1. The van der Waals surface area contributed by atoms with Crippen LogP contribution in [0, 0.1) is 10.1 Å². The van der Waals surface area contributed by atoms with E-state index in [2.05, 4.69) is 5.32 Å². The zero-order valence-corrected chi connectivity index (χ0v) is 14.9. The predicted octanol–water partition coefficient (Wildman–Crippen LogP) is 3.48. The van der Waals surface area contributed by atoms with Gasteiger partial charge in [-0.15, -0.1) is 0 Å². The molecule has 0 aliphatic heterocycles. The number of hydrogen-bond donors (Lipinski definition) is 1. The summed E-state index contributed by atoms with van der Waals surface area (Å²) >= 11 is 0. The first-order chi connectivity index (χ1) is 14.0. The lowest BCUT2D eigenvalue weighted by Gasteiger charge is -2.10. The Bertz CT molecular complexity index is 1070. The summed E-state index contributed by atoms with van der Waals surface area (Å²) in [5.74, 6) is -1.92. The van der Waals surface area contributed by atoms with E-state index in [0.717, 1.165) is 6.07 Å². The number of ether oxygens (including phenoxy) is 1. The van der Waals surface area contributed by atoms with Gasteiger partial charge in [-0.25, -0.2) is 4.79 Å². The number of carbonyl (C=O) groups excluding carboxylic acids is 3. The van der Waals surface area contributed by atoms with Gasteiger partial charge >= 0.3 is 5.97 Å². The van der Waals surface area contributed by atoms with E-state index in [1.165, 1.54) is 42.7 Å². The van der Waals surface area contributed by atoms with E-state index in [0.29, 0.717) is 0 Å². The van der Waals surface area contributed by atoms with Crippen molar-refractivity contribution in [2.75, 3.05) is 11.9 Å². The topological polar surface area (TPSA) is 129 Å². The number of benzene rings is 2. The van der Waals surface area contributed by atoms with Gasteiger partial charge in [-0.2, -0.15) is 0 Å². The van der Waals surface area contributed by atoms with Crippen molar-refractivity contribution >= 4 is 29.0 Å². The fraction of sp³-hybridized carbons (Fsp3) is 0.0500. The highest BCUT2D eigenvalue weighted by Gasteiger charge is 2.18. The van der Waals surface area contributed by atoms with Crippen LogP contribution in [0.15, 0.2) is 71.3 Å². The van der Waals surface area contributed by atoms with Crippen LogP contribution < -0.4 is 5.32 Å². The Kier molecular flexibility index (Phi) is 5.79. The summed E-state index contributed by atoms with van der Waals surface area (Å²) in [6, 6.07) is 14.2. The molecule has 0 unspecified atom stereocenters. The van der Waals surface area contributed by atoms with Crippen molar-refractivity contribution in [3.63, 3.8) is 0 Å². The zero-order chi connectivity index (χ0) is 20.8. The average Bonchev–Trinajstić information content (AvgIpc) is 3.27. The van der Waals surface area contributed by atoms with Crippen LogP contribution >= 0.6 is 0 Å². The molecule has 0 saturated carbocycles. The Morgan fingerprint density at radius 1 is 1.03 bits per heavy atom. The van der Waals surface area contributed by atoms with Crippen molar-refractivity contribution in [2.24, 2.45) is 0 Å². The molecule has 3 rings (SSSR count). The highest BCUT2D eigenvalue weighted by molar-refractivity contribution is 6.07. The van der Waals surface area contributed by atoms with Gasteiger partial charge in [0.15, 0.2) is 12.4 Å². The number of rotatable bonds is 7. The first-order valence-electron chi connectivity index (χ1n) is 8.34. The lowest BCUT2D eigenvalue weighted by Crippen LogP contribution is -2.18. The van der Waals surface area contributed by atoms with Gasteiger partial charge in [0, 0.05) is 17.7 Å². The van der Waals surface area contributed by atoms with E-state index in [-0.39, 0.29) is 28.3 Å². The number of nitrogens with one attached hydrogen (secondary N) is 1. The third-order valence-electron chi connectivity index (χ3n) is 3.85. The Labute approximate surface area is 164 Å². The number of amides is 1. The average molecular weight is 394 g/mol. The predicted molar refractivity (Wildman–Crippen MR) is 101 cm³/mol. The third-order valence-corrected chi connectivity index (χ3v) is 3.85. The smallest absolute Gasteiger partial charge is 0.340 e. The Balaban J connectivity index is 1.68. The van der Waals surface area contributed by atoms with Crippen LogP contribution in [0.3, 0.4) is 0 Å². The highest BCUT2D eigenvalue weighted by Crippen LogP contribution is 2.18. The van der Waals surface area contributed by atoms with Crippen LogP contribution in [0.25, 0.3) is 0 Å². The molecule has 0 aliphatic carbocycles. The van der Waals surface area contributed by atoms with Gasteiger partial charge in [0.2, 0.25) is 5.78 Å². The van der Waals surface area contributed by atoms with E-state index >= 15 is 0 Å². The molecule has 1 N–H and O–H groups in total. The van der Waals surface area contributed by atoms with Crippen LogP contribution in [0.5, 0.6) is 0 Å². The monoisotopic (exact) mass is 394 g/mol. The van der Waals surface area contributed by atoms with Gasteiger partial charge in [0.25, 0.3) is 11.6 Å². The summed E-state index contributed by atoms with van der Waals surface area (Å²) in [6.45, 7) is -0.611. The van der Waals surface area contributed by atoms with Crippen molar-refractivity contribution in [1.82, 2.24) is 0 Å². The maximum atomic E-state index is 12.4. The van der Waals surface area contributed by atoms with Crippen LogP contribution in [-0.4, -0.2) is 29.2 Å². The largest absolute Gasteiger partial charge is 0.459 e. The summed E-state index contributed by atoms with van der Waals surface area (Å²) in [4.78, 5) is 46.9. The van der Waals surface area contributed by atoms with Gasteiger partial charge in [0.1, 0.15) is 0 Å². The molecule has 29 heavy (non-hydrogen) atoms. The molecular weight excluding hydrogens is 380 g/mol. The van der Waals surface area contributed by atoms with E-state index in [1.807, 2.05) is 0 Å². The number of para-hydroxylation sites is 1.